The molecule has 0 aliphatic heterocycles. The van der Waals surface area contributed by atoms with Crippen LogP contribution in [0.1, 0.15) is 10.4 Å². The molecule has 12 heavy (non-hydrogen) atoms. The molecule has 0 aromatic heterocycles. The zero-order chi connectivity index (χ0) is 9.14. The van der Waals surface area contributed by atoms with Crippen molar-refractivity contribution in [2.24, 2.45) is 5.90 Å². The summed E-state index contributed by atoms with van der Waals surface area (Å²) in [5, 5.41) is 0.415. The van der Waals surface area contributed by atoms with Crippen LogP contribution in [-0.4, -0.2) is 5.97 Å². The Labute approximate surface area is 74.0 Å². The maximum Gasteiger partial charge on any atom is 0.356 e. The zero-order valence-electron chi connectivity index (χ0n) is 6.21. The maximum atomic E-state index is 10.9. The van der Waals surface area contributed by atoms with E-state index in [-0.39, 0.29) is 0 Å². The van der Waals surface area contributed by atoms with Crippen LogP contribution in [0, 0.1) is 0 Å². The highest BCUT2D eigenvalue weighted by Crippen LogP contribution is 2.18. The summed E-state index contributed by atoms with van der Waals surface area (Å²) in [4.78, 5) is 14.9. The van der Waals surface area contributed by atoms with Crippen LogP contribution in [0.15, 0.2) is 18.2 Å². The van der Waals surface area contributed by atoms with Crippen LogP contribution >= 0.6 is 11.6 Å². The van der Waals surface area contributed by atoms with Crippen LogP contribution < -0.4 is 11.6 Å². The molecule has 4 nitrogen and oxygen atoms in total. The van der Waals surface area contributed by atoms with Gasteiger partial charge < -0.3 is 10.6 Å². The van der Waals surface area contributed by atoms with Crippen LogP contribution in [0.2, 0.25) is 5.02 Å². The Bertz CT molecular complexity index is 314. The lowest BCUT2D eigenvalue weighted by Crippen LogP contribution is -2.40. The van der Waals surface area contributed by atoms with Crippen LogP contribution in [0.4, 0.5) is 5.69 Å². The standard InChI is InChI=1S/C7H7ClN2O2/c8-5-3-4(7(11)12-10)1-2-6(5)9/h1-3H,9-10H2/p+1. The number of hydrogen-bond acceptors (Lipinski definition) is 3. The van der Waals surface area contributed by atoms with Crippen LogP contribution in [0.3, 0.4) is 0 Å². The van der Waals surface area contributed by atoms with Gasteiger partial charge in [-0.3, -0.25) is 0 Å². The Kier molecular flexibility index (Phi) is 2.65. The highest BCUT2D eigenvalue weighted by atomic mass is 35.5. The van der Waals surface area contributed by atoms with Gasteiger partial charge in [-0.2, -0.15) is 5.90 Å². The Hall–Kier alpha value is -1.10. The first-order valence-electron chi connectivity index (χ1n) is 3.17. The summed E-state index contributed by atoms with van der Waals surface area (Å²) in [6.45, 7) is 0. The highest BCUT2D eigenvalue weighted by Gasteiger charge is 2.08. The topological polar surface area (TPSA) is 80.0 Å². The Morgan fingerprint density at radius 1 is 1.58 bits per heavy atom. The molecule has 5 heteroatoms. The molecule has 0 unspecified atom stereocenters. The Morgan fingerprint density at radius 3 is 2.75 bits per heavy atom. The predicted molar refractivity (Wildman–Crippen MR) is 43.6 cm³/mol. The van der Waals surface area contributed by atoms with Gasteiger partial charge in [0.1, 0.15) is 10.7 Å². The number of hydrogen-bond donors (Lipinski definition) is 2. The molecule has 1 rings (SSSR count). The molecule has 0 saturated carbocycles. The van der Waals surface area contributed by atoms with E-state index in [9.17, 15) is 4.79 Å². The normalized spacial score (nSPS) is 9.58. The molecular formula is C7H8ClN2O2+. The van der Waals surface area contributed by atoms with E-state index in [0.29, 0.717) is 16.3 Å². The minimum Gasteiger partial charge on any atom is -0.370 e. The lowest BCUT2D eigenvalue weighted by atomic mass is 10.2. The van der Waals surface area contributed by atoms with Gasteiger partial charge in [0.2, 0.25) is 0 Å². The highest BCUT2D eigenvalue weighted by molar-refractivity contribution is 6.32. The first kappa shape index (κ1) is 8.99. The van der Waals surface area contributed by atoms with Gasteiger partial charge in [-0.15, -0.1) is 0 Å². The molecule has 0 aliphatic carbocycles. The van der Waals surface area contributed by atoms with E-state index in [1.807, 2.05) is 0 Å². The van der Waals surface area contributed by atoms with Crippen molar-refractivity contribution in [3.8, 4) is 0 Å². The summed E-state index contributed by atoms with van der Waals surface area (Å²) in [5.41, 5.74) is 4.60. The van der Waals surface area contributed by atoms with E-state index >= 15 is 0 Å². The largest absolute Gasteiger partial charge is 0.370 e. The van der Waals surface area contributed by atoms with Gasteiger partial charge in [-0.05, 0) is 12.1 Å². The third-order valence-electron chi connectivity index (χ3n) is 1.40. The van der Waals surface area contributed by atoms with Crippen molar-refractivity contribution < 1.29 is 15.4 Å². The molecule has 0 fully saturated rings. The molecule has 0 radical (unpaired) electrons. The van der Waals surface area contributed by atoms with Crippen molar-refractivity contribution in [3.05, 3.63) is 28.8 Å². The van der Waals surface area contributed by atoms with E-state index < -0.39 is 5.97 Å². The van der Waals surface area contributed by atoms with E-state index in [0.717, 1.165) is 0 Å². The quantitative estimate of drug-likeness (QED) is 0.619. The fraction of sp³-hybridized carbons (Fsp3) is 0. The second-order valence-electron chi connectivity index (χ2n) is 2.21. The lowest BCUT2D eigenvalue weighted by Gasteiger charge is -1.98. The van der Waals surface area contributed by atoms with Crippen molar-refractivity contribution in [2.75, 3.05) is 0 Å². The minimum atomic E-state index is -0.614. The second kappa shape index (κ2) is 3.53. The summed E-state index contributed by atoms with van der Waals surface area (Å²) >= 11 is 5.70. The monoisotopic (exact) mass is 187 g/mol. The average Bonchev–Trinajstić information content (AvgIpc) is 2.08. The molecule has 0 amide bonds. The van der Waals surface area contributed by atoms with Crippen molar-refractivity contribution in [1.82, 2.24) is 0 Å². The molecule has 0 spiro atoms. The number of quaternary nitrogens is 1. The fourth-order valence-electron chi connectivity index (χ4n) is 0.742. The van der Waals surface area contributed by atoms with Gasteiger partial charge >= 0.3 is 5.97 Å². The second-order valence-corrected chi connectivity index (χ2v) is 2.62. The van der Waals surface area contributed by atoms with Crippen LogP contribution in [0.5, 0.6) is 0 Å². The smallest absolute Gasteiger partial charge is 0.356 e. The van der Waals surface area contributed by atoms with E-state index in [1.165, 1.54) is 6.07 Å². The van der Waals surface area contributed by atoms with Gasteiger partial charge in [0.15, 0.2) is 0 Å². The van der Waals surface area contributed by atoms with Crippen molar-refractivity contribution in [2.45, 2.75) is 0 Å². The van der Waals surface area contributed by atoms with Crippen LogP contribution in [-0.2, 0) is 4.84 Å². The fourth-order valence-corrected chi connectivity index (χ4v) is 0.923. The summed E-state index contributed by atoms with van der Waals surface area (Å²) in [7, 11) is 0. The Morgan fingerprint density at radius 2 is 2.25 bits per heavy atom. The maximum absolute atomic E-state index is 10.9. The lowest BCUT2D eigenvalue weighted by molar-refractivity contribution is -0.254. The van der Waals surface area contributed by atoms with Crippen molar-refractivity contribution >= 4 is 23.3 Å². The molecule has 0 atom stereocenters. The molecule has 0 aliphatic rings. The third kappa shape index (κ3) is 1.73. The number of benzene rings is 1. The predicted octanol–water partition coefficient (Wildman–Crippen LogP) is 0.244. The molecule has 0 bridgehead atoms. The number of carbonyl (C=O) groups is 1. The SMILES string of the molecule is NOC(=O)c1ccc([NH3+])c(Cl)c1. The van der Waals surface area contributed by atoms with Gasteiger partial charge in [0.05, 0.1) is 5.56 Å². The van der Waals surface area contributed by atoms with Crippen molar-refractivity contribution in [1.29, 1.82) is 0 Å². The van der Waals surface area contributed by atoms with Crippen molar-refractivity contribution in [3.63, 3.8) is 0 Å². The van der Waals surface area contributed by atoms with Gasteiger partial charge in [0.25, 0.3) is 0 Å². The molecule has 0 saturated heterocycles. The number of halogens is 1. The Balaban J connectivity index is 3.05. The zero-order valence-corrected chi connectivity index (χ0v) is 6.97. The van der Waals surface area contributed by atoms with Gasteiger partial charge in [-0.1, -0.05) is 11.6 Å². The van der Waals surface area contributed by atoms with E-state index in [4.69, 9.17) is 11.6 Å². The van der Waals surface area contributed by atoms with E-state index in [2.05, 4.69) is 16.5 Å². The summed E-state index contributed by atoms with van der Waals surface area (Å²) in [6, 6.07) is 4.62. The minimum absolute atomic E-state index is 0.315. The number of carbonyl (C=O) groups excluding carboxylic acids is 1. The number of rotatable bonds is 1. The van der Waals surface area contributed by atoms with Gasteiger partial charge in [0, 0.05) is 6.07 Å². The van der Waals surface area contributed by atoms with Crippen LogP contribution in [0.25, 0.3) is 0 Å². The molecular weight excluding hydrogens is 180 g/mol. The van der Waals surface area contributed by atoms with E-state index in [1.54, 1.807) is 12.1 Å². The number of nitrogens with two attached hydrogens (primary N) is 1. The van der Waals surface area contributed by atoms with Gasteiger partial charge in [-0.25, -0.2) is 4.79 Å². The molecule has 5 N–H and O–H groups in total. The summed E-state index contributed by atoms with van der Waals surface area (Å²) in [5.74, 6) is 4.07. The first-order valence-corrected chi connectivity index (χ1v) is 3.55. The molecule has 64 valence electrons. The summed E-state index contributed by atoms with van der Waals surface area (Å²) < 4.78 is 0. The summed E-state index contributed by atoms with van der Waals surface area (Å²) in [6.07, 6.45) is 0. The molecule has 0 heterocycles. The first-order chi connectivity index (χ1) is 5.65. The average molecular weight is 188 g/mol. The molecule has 1 aromatic carbocycles. The molecule has 1 aromatic rings. The third-order valence-corrected chi connectivity index (χ3v) is 1.75.